The van der Waals surface area contributed by atoms with Crippen LogP contribution in [-0.4, -0.2) is 35.4 Å². The molecule has 0 spiro atoms. The summed E-state index contributed by atoms with van der Waals surface area (Å²) in [5, 5.41) is 9.19. The second-order valence-electron chi connectivity index (χ2n) is 5.40. The summed E-state index contributed by atoms with van der Waals surface area (Å²) in [5.41, 5.74) is 2.64. The number of hydrogen-bond acceptors (Lipinski definition) is 4. The van der Waals surface area contributed by atoms with Crippen molar-refractivity contribution in [3.63, 3.8) is 0 Å². The van der Waals surface area contributed by atoms with Gasteiger partial charge in [-0.1, -0.05) is 0 Å². The SMILES string of the molecule is CN1CCCc2cc(C(=O)c3ncccc3C(=O)O)ccc21. The fourth-order valence-corrected chi connectivity index (χ4v) is 2.82. The molecule has 1 aromatic carbocycles. The van der Waals surface area contributed by atoms with Gasteiger partial charge in [-0.15, -0.1) is 0 Å². The Hall–Kier alpha value is -2.69. The average Bonchev–Trinajstić information content (AvgIpc) is 2.54. The van der Waals surface area contributed by atoms with Crippen LogP contribution in [0.4, 0.5) is 5.69 Å². The van der Waals surface area contributed by atoms with Crippen LogP contribution in [0.2, 0.25) is 0 Å². The van der Waals surface area contributed by atoms with Crippen molar-refractivity contribution in [2.45, 2.75) is 12.8 Å². The van der Waals surface area contributed by atoms with Gasteiger partial charge in [-0.3, -0.25) is 9.78 Å². The number of aryl methyl sites for hydroxylation is 1. The van der Waals surface area contributed by atoms with Crippen LogP contribution < -0.4 is 4.90 Å². The Bertz CT molecular complexity index is 755. The van der Waals surface area contributed by atoms with Crippen molar-refractivity contribution in [1.82, 2.24) is 4.98 Å². The molecule has 0 amide bonds. The fourth-order valence-electron chi connectivity index (χ4n) is 2.82. The van der Waals surface area contributed by atoms with Crippen LogP contribution in [0.25, 0.3) is 0 Å². The largest absolute Gasteiger partial charge is 0.478 e. The summed E-state index contributed by atoms with van der Waals surface area (Å²) < 4.78 is 0. The molecule has 2 heterocycles. The van der Waals surface area contributed by atoms with Gasteiger partial charge in [0, 0.05) is 31.0 Å². The molecular formula is C17H16N2O3. The number of carbonyl (C=O) groups excluding carboxylic acids is 1. The third-order valence-corrected chi connectivity index (χ3v) is 3.95. The van der Waals surface area contributed by atoms with Crippen molar-refractivity contribution in [2.24, 2.45) is 0 Å². The van der Waals surface area contributed by atoms with E-state index in [9.17, 15) is 14.7 Å². The molecule has 5 heteroatoms. The lowest BCUT2D eigenvalue weighted by Crippen LogP contribution is -2.25. The highest BCUT2D eigenvalue weighted by Gasteiger charge is 2.21. The van der Waals surface area contributed by atoms with Crippen LogP contribution in [0.5, 0.6) is 0 Å². The van der Waals surface area contributed by atoms with E-state index in [0.29, 0.717) is 5.56 Å². The number of carboxylic acids is 1. The number of carboxylic acid groups (broad SMARTS) is 1. The van der Waals surface area contributed by atoms with E-state index >= 15 is 0 Å². The molecule has 1 aromatic heterocycles. The van der Waals surface area contributed by atoms with Crippen LogP contribution >= 0.6 is 0 Å². The number of nitrogens with zero attached hydrogens (tertiary/aromatic N) is 2. The molecular weight excluding hydrogens is 280 g/mol. The summed E-state index contributed by atoms with van der Waals surface area (Å²) in [6.07, 6.45) is 3.41. The number of anilines is 1. The molecule has 0 saturated carbocycles. The highest BCUT2D eigenvalue weighted by Crippen LogP contribution is 2.27. The average molecular weight is 296 g/mol. The summed E-state index contributed by atoms with van der Waals surface area (Å²) in [4.78, 5) is 30.0. The number of benzene rings is 1. The highest BCUT2D eigenvalue weighted by molar-refractivity contribution is 6.13. The predicted molar refractivity (Wildman–Crippen MR) is 82.7 cm³/mol. The Balaban J connectivity index is 2.02. The van der Waals surface area contributed by atoms with Gasteiger partial charge in [-0.2, -0.15) is 0 Å². The molecule has 0 fully saturated rings. The zero-order valence-corrected chi connectivity index (χ0v) is 12.2. The monoisotopic (exact) mass is 296 g/mol. The Labute approximate surface area is 128 Å². The number of pyridine rings is 1. The van der Waals surface area contributed by atoms with Crippen molar-refractivity contribution in [3.8, 4) is 0 Å². The molecule has 5 nitrogen and oxygen atoms in total. The van der Waals surface area contributed by atoms with Crippen molar-refractivity contribution in [2.75, 3.05) is 18.5 Å². The maximum atomic E-state index is 12.6. The summed E-state index contributed by atoms with van der Waals surface area (Å²) in [5.74, 6) is -1.50. The fraction of sp³-hybridized carbons (Fsp3) is 0.235. The number of aromatic nitrogens is 1. The Kier molecular flexibility index (Phi) is 3.63. The zero-order valence-electron chi connectivity index (χ0n) is 12.2. The summed E-state index contributed by atoms with van der Waals surface area (Å²) in [7, 11) is 2.03. The number of hydrogen-bond donors (Lipinski definition) is 1. The number of aromatic carboxylic acids is 1. The summed E-state index contributed by atoms with van der Waals surface area (Å²) in [6.45, 7) is 1.00. The van der Waals surface area contributed by atoms with Gasteiger partial charge in [0.2, 0.25) is 5.78 Å². The number of rotatable bonds is 3. The molecule has 0 aliphatic carbocycles. The molecule has 112 valence electrons. The van der Waals surface area contributed by atoms with Gasteiger partial charge >= 0.3 is 5.97 Å². The van der Waals surface area contributed by atoms with Crippen LogP contribution in [0.3, 0.4) is 0 Å². The zero-order chi connectivity index (χ0) is 15.7. The summed E-state index contributed by atoms with van der Waals surface area (Å²) >= 11 is 0. The minimum absolute atomic E-state index is 0.0147. The van der Waals surface area contributed by atoms with Crippen molar-refractivity contribution in [1.29, 1.82) is 0 Å². The smallest absolute Gasteiger partial charge is 0.338 e. The van der Waals surface area contributed by atoms with E-state index in [0.717, 1.165) is 30.6 Å². The lowest BCUT2D eigenvalue weighted by Gasteiger charge is -2.27. The molecule has 3 rings (SSSR count). The van der Waals surface area contributed by atoms with Crippen LogP contribution in [0.15, 0.2) is 36.5 Å². The van der Waals surface area contributed by atoms with Crippen LogP contribution in [0.1, 0.15) is 38.4 Å². The van der Waals surface area contributed by atoms with E-state index in [2.05, 4.69) is 9.88 Å². The Morgan fingerprint density at radius 2 is 2.09 bits per heavy atom. The quantitative estimate of drug-likeness (QED) is 0.881. The standard InChI is InChI=1S/C17H16N2O3/c1-19-9-3-4-11-10-12(6-7-14(11)19)16(20)15-13(17(21)22)5-2-8-18-15/h2,5-8,10H,3-4,9H2,1H3,(H,21,22). The molecule has 0 saturated heterocycles. The minimum atomic E-state index is -1.14. The molecule has 2 aromatic rings. The lowest BCUT2D eigenvalue weighted by molar-refractivity contribution is 0.0692. The Morgan fingerprint density at radius 3 is 2.86 bits per heavy atom. The topological polar surface area (TPSA) is 70.5 Å². The van der Waals surface area contributed by atoms with Gasteiger partial charge in [0.05, 0.1) is 5.56 Å². The molecule has 1 N–H and O–H groups in total. The lowest BCUT2D eigenvalue weighted by atomic mass is 9.96. The van der Waals surface area contributed by atoms with Crippen LogP contribution in [0, 0.1) is 0 Å². The molecule has 1 aliphatic heterocycles. The predicted octanol–water partition coefficient (Wildman–Crippen LogP) is 2.39. The Morgan fingerprint density at radius 1 is 1.27 bits per heavy atom. The van der Waals surface area contributed by atoms with Crippen molar-refractivity contribution >= 4 is 17.4 Å². The molecule has 1 aliphatic rings. The van der Waals surface area contributed by atoms with E-state index < -0.39 is 5.97 Å². The van der Waals surface area contributed by atoms with E-state index in [1.807, 2.05) is 19.2 Å². The maximum absolute atomic E-state index is 12.6. The summed E-state index contributed by atoms with van der Waals surface area (Å²) in [6, 6.07) is 8.43. The normalized spacial score (nSPS) is 13.6. The maximum Gasteiger partial charge on any atom is 0.338 e. The molecule has 0 atom stereocenters. The van der Waals surface area contributed by atoms with Gasteiger partial charge < -0.3 is 10.0 Å². The molecule has 0 radical (unpaired) electrons. The molecule has 0 bridgehead atoms. The van der Waals surface area contributed by atoms with E-state index in [1.165, 1.54) is 18.3 Å². The number of carbonyl (C=O) groups is 2. The van der Waals surface area contributed by atoms with E-state index in [-0.39, 0.29) is 17.0 Å². The van der Waals surface area contributed by atoms with Gasteiger partial charge in [-0.25, -0.2) is 4.79 Å². The second kappa shape index (κ2) is 5.60. The van der Waals surface area contributed by atoms with Gasteiger partial charge in [0.25, 0.3) is 0 Å². The number of fused-ring (bicyclic) bond motifs is 1. The van der Waals surface area contributed by atoms with E-state index in [1.54, 1.807) is 6.07 Å². The van der Waals surface area contributed by atoms with Gasteiger partial charge in [-0.05, 0) is 48.7 Å². The molecule has 0 unspecified atom stereocenters. The first-order chi connectivity index (χ1) is 10.6. The van der Waals surface area contributed by atoms with Crippen molar-refractivity contribution < 1.29 is 14.7 Å². The molecule has 22 heavy (non-hydrogen) atoms. The van der Waals surface area contributed by atoms with Crippen LogP contribution in [-0.2, 0) is 6.42 Å². The first kappa shape index (κ1) is 14.3. The first-order valence-corrected chi connectivity index (χ1v) is 7.15. The number of ketones is 1. The van der Waals surface area contributed by atoms with E-state index in [4.69, 9.17) is 0 Å². The second-order valence-corrected chi connectivity index (χ2v) is 5.40. The first-order valence-electron chi connectivity index (χ1n) is 7.15. The van der Waals surface area contributed by atoms with Gasteiger partial charge in [0.1, 0.15) is 5.69 Å². The highest BCUT2D eigenvalue weighted by atomic mass is 16.4. The third kappa shape index (κ3) is 2.45. The van der Waals surface area contributed by atoms with Gasteiger partial charge in [0.15, 0.2) is 0 Å². The minimum Gasteiger partial charge on any atom is -0.478 e. The van der Waals surface area contributed by atoms with Crippen molar-refractivity contribution in [3.05, 3.63) is 58.9 Å². The third-order valence-electron chi connectivity index (χ3n) is 3.95.